The number of hydrogen-bond acceptors (Lipinski definition) is 7. The van der Waals surface area contributed by atoms with E-state index in [0.717, 1.165) is 16.6 Å². The first kappa shape index (κ1) is 16.7. The predicted octanol–water partition coefficient (Wildman–Crippen LogP) is 2.80. The fourth-order valence-electron chi connectivity index (χ4n) is 3.22. The van der Waals surface area contributed by atoms with Crippen molar-refractivity contribution in [3.63, 3.8) is 0 Å². The lowest BCUT2D eigenvalue weighted by molar-refractivity contribution is 0.262. The van der Waals surface area contributed by atoms with Gasteiger partial charge in [0.2, 0.25) is 0 Å². The topological polar surface area (TPSA) is 152 Å². The molecule has 0 saturated heterocycles. The minimum absolute atomic E-state index is 0.324. The summed E-state index contributed by atoms with van der Waals surface area (Å²) in [6.45, 7) is 1.74. The van der Waals surface area contributed by atoms with Crippen molar-refractivity contribution in [2.75, 3.05) is 16.4 Å². The molecule has 5 aromatic rings. The number of urea groups is 1. The lowest BCUT2D eigenvalue weighted by Crippen LogP contribution is -2.20. The molecule has 0 spiro atoms. The number of fused-ring (bicyclic) bond motifs is 2. The average Bonchev–Trinajstić information content (AvgIpc) is 3.42. The van der Waals surface area contributed by atoms with Crippen LogP contribution in [0.1, 0.15) is 5.76 Å². The van der Waals surface area contributed by atoms with Gasteiger partial charge in [-0.15, -0.1) is 0 Å². The monoisotopic (exact) mass is 389 g/mol. The number of imidazole rings is 1. The molecule has 0 fully saturated rings. The molecule has 5 N–H and O–H groups in total. The van der Waals surface area contributed by atoms with Crippen LogP contribution in [0.25, 0.3) is 27.9 Å². The van der Waals surface area contributed by atoms with Gasteiger partial charge < -0.3 is 20.6 Å². The highest BCUT2D eigenvalue weighted by Gasteiger charge is 2.16. The van der Waals surface area contributed by atoms with Crippen LogP contribution in [0.5, 0.6) is 0 Å². The van der Waals surface area contributed by atoms with E-state index in [4.69, 9.17) is 10.3 Å². The molecule has 11 nitrogen and oxygen atoms in total. The fraction of sp³-hybridized carbons (Fsp3) is 0.0556. The Morgan fingerprint density at radius 2 is 2.14 bits per heavy atom. The lowest BCUT2D eigenvalue weighted by atomic mass is 10.1. The van der Waals surface area contributed by atoms with Crippen LogP contribution < -0.4 is 16.4 Å². The molecule has 5 heterocycles. The molecular weight excluding hydrogens is 374 g/mol. The van der Waals surface area contributed by atoms with Gasteiger partial charge >= 0.3 is 6.03 Å². The van der Waals surface area contributed by atoms with Gasteiger partial charge in [0.1, 0.15) is 23.6 Å². The van der Waals surface area contributed by atoms with Gasteiger partial charge in [0.05, 0.1) is 16.8 Å². The number of amides is 2. The number of nitrogen functional groups attached to an aromatic ring is 1. The Morgan fingerprint density at radius 1 is 1.24 bits per heavy atom. The number of aromatic nitrogens is 6. The molecule has 0 aliphatic carbocycles. The Bertz CT molecular complexity index is 1360. The van der Waals surface area contributed by atoms with Crippen LogP contribution in [0.2, 0.25) is 0 Å². The molecule has 0 atom stereocenters. The number of hydrogen-bond donors (Lipinski definition) is 4. The third-order valence-corrected chi connectivity index (χ3v) is 4.44. The second kappa shape index (κ2) is 6.34. The number of carbonyl (C=O) groups excluding carboxylic acids is 1. The van der Waals surface area contributed by atoms with E-state index in [1.165, 1.54) is 6.33 Å². The van der Waals surface area contributed by atoms with Crippen molar-refractivity contribution in [2.24, 2.45) is 0 Å². The summed E-state index contributed by atoms with van der Waals surface area (Å²) in [4.78, 5) is 28.1. The van der Waals surface area contributed by atoms with Crippen LogP contribution in [0.15, 0.2) is 47.6 Å². The van der Waals surface area contributed by atoms with Crippen molar-refractivity contribution in [1.29, 1.82) is 0 Å². The molecule has 5 rings (SSSR count). The molecular formula is C18H15N9O2. The summed E-state index contributed by atoms with van der Waals surface area (Å²) in [7, 11) is 0. The van der Waals surface area contributed by atoms with Gasteiger partial charge in [-0.2, -0.15) is 0 Å². The Hall–Kier alpha value is -4.41. The molecule has 29 heavy (non-hydrogen) atoms. The van der Waals surface area contributed by atoms with Crippen molar-refractivity contribution >= 4 is 40.0 Å². The largest absolute Gasteiger partial charge is 0.383 e. The molecule has 0 aliphatic heterocycles. The predicted molar refractivity (Wildman–Crippen MR) is 106 cm³/mol. The molecule has 0 bridgehead atoms. The second-order valence-electron chi connectivity index (χ2n) is 6.34. The number of carbonyl (C=O) groups is 1. The van der Waals surface area contributed by atoms with Crippen LogP contribution in [0, 0.1) is 6.92 Å². The first-order chi connectivity index (χ1) is 14.1. The highest BCUT2D eigenvalue weighted by atomic mass is 16.5. The number of anilines is 3. The van der Waals surface area contributed by atoms with Gasteiger partial charge in [0.15, 0.2) is 11.5 Å². The number of nitrogens with two attached hydrogens (primary N) is 1. The van der Waals surface area contributed by atoms with E-state index in [9.17, 15) is 4.79 Å². The van der Waals surface area contributed by atoms with Crippen LogP contribution in [0.3, 0.4) is 0 Å². The van der Waals surface area contributed by atoms with E-state index >= 15 is 0 Å². The maximum absolute atomic E-state index is 12.3. The van der Waals surface area contributed by atoms with Gasteiger partial charge in [-0.05, 0) is 19.1 Å². The van der Waals surface area contributed by atoms with E-state index in [0.29, 0.717) is 34.4 Å². The molecule has 0 aliphatic rings. The van der Waals surface area contributed by atoms with Crippen LogP contribution >= 0.6 is 0 Å². The third-order valence-electron chi connectivity index (χ3n) is 4.44. The zero-order valence-corrected chi connectivity index (χ0v) is 15.2. The second-order valence-corrected chi connectivity index (χ2v) is 6.34. The molecule has 11 heteroatoms. The highest BCUT2D eigenvalue weighted by molar-refractivity contribution is 6.03. The van der Waals surface area contributed by atoms with Crippen LogP contribution in [0.4, 0.5) is 22.1 Å². The number of pyridine rings is 1. The first-order valence-electron chi connectivity index (χ1n) is 8.65. The summed E-state index contributed by atoms with van der Waals surface area (Å²) < 4.78 is 6.80. The first-order valence-corrected chi connectivity index (χ1v) is 8.65. The van der Waals surface area contributed by atoms with Crippen molar-refractivity contribution in [3.8, 4) is 11.3 Å². The van der Waals surface area contributed by atoms with Gasteiger partial charge in [-0.25, -0.2) is 19.7 Å². The fourth-order valence-corrected chi connectivity index (χ4v) is 3.22. The van der Waals surface area contributed by atoms with Crippen molar-refractivity contribution in [2.45, 2.75) is 6.92 Å². The number of nitrogens with one attached hydrogen (secondary N) is 3. The quantitative estimate of drug-likeness (QED) is 0.370. The number of aromatic amines is 1. The number of H-pyrrole nitrogens is 1. The summed E-state index contributed by atoms with van der Waals surface area (Å²) >= 11 is 0. The van der Waals surface area contributed by atoms with E-state index in [-0.39, 0.29) is 0 Å². The van der Waals surface area contributed by atoms with Crippen molar-refractivity contribution < 1.29 is 9.32 Å². The summed E-state index contributed by atoms with van der Waals surface area (Å²) in [6.07, 6.45) is 6.68. The molecule has 0 unspecified atom stereocenters. The standard InChI is InChI=1S/C18H15N9O2/c1-9-6-13(26-29-9)25-18(28)24-11-2-3-12(27-5-4-20-17(11)27)10-7-21-16-14(10)15(19)22-8-23-16/h2-8H,1H3,(H3,19,21,22,23)(H2,24,25,26,28). The maximum Gasteiger partial charge on any atom is 0.325 e. The third kappa shape index (κ3) is 2.81. The molecule has 0 aromatic carbocycles. The van der Waals surface area contributed by atoms with Gasteiger partial charge in [0, 0.05) is 30.2 Å². The van der Waals surface area contributed by atoms with Gasteiger partial charge in [-0.3, -0.25) is 9.72 Å². The number of aryl methyl sites for hydroxylation is 1. The summed E-state index contributed by atoms with van der Waals surface area (Å²) in [6, 6.07) is 4.79. The molecule has 0 radical (unpaired) electrons. The van der Waals surface area contributed by atoms with E-state index in [1.54, 1.807) is 31.5 Å². The summed E-state index contributed by atoms with van der Waals surface area (Å²) in [5.74, 6) is 1.30. The smallest absolute Gasteiger partial charge is 0.325 e. The van der Waals surface area contributed by atoms with Crippen LogP contribution in [-0.4, -0.2) is 35.5 Å². The summed E-state index contributed by atoms with van der Waals surface area (Å²) in [5, 5.41) is 9.85. The van der Waals surface area contributed by atoms with E-state index in [1.807, 2.05) is 16.7 Å². The highest BCUT2D eigenvalue weighted by Crippen LogP contribution is 2.32. The van der Waals surface area contributed by atoms with Crippen molar-refractivity contribution in [1.82, 2.24) is 29.5 Å². The number of rotatable bonds is 3. The Morgan fingerprint density at radius 3 is 2.97 bits per heavy atom. The zero-order valence-electron chi connectivity index (χ0n) is 15.2. The molecule has 144 valence electrons. The Kier molecular flexibility index (Phi) is 3.66. The summed E-state index contributed by atoms with van der Waals surface area (Å²) in [5.41, 5.74) is 9.45. The Labute approximate surface area is 163 Å². The molecule has 2 amide bonds. The minimum Gasteiger partial charge on any atom is -0.383 e. The SMILES string of the molecule is Cc1cc(NC(=O)Nc2ccc(-c3c[nH]c4ncnc(N)c34)n3ccnc23)no1. The molecule has 0 saturated carbocycles. The van der Waals surface area contributed by atoms with Gasteiger partial charge in [-0.1, -0.05) is 5.16 Å². The van der Waals surface area contributed by atoms with Crippen molar-refractivity contribution in [3.05, 3.63) is 48.9 Å². The van der Waals surface area contributed by atoms with E-state index in [2.05, 4.69) is 35.7 Å². The Balaban J connectivity index is 1.52. The normalized spacial score (nSPS) is 11.2. The zero-order chi connectivity index (χ0) is 20.0. The molecule has 5 aromatic heterocycles. The van der Waals surface area contributed by atoms with Gasteiger partial charge in [0.25, 0.3) is 0 Å². The average molecular weight is 389 g/mol. The minimum atomic E-state index is -0.458. The van der Waals surface area contributed by atoms with E-state index < -0.39 is 6.03 Å². The van der Waals surface area contributed by atoms with Crippen LogP contribution in [-0.2, 0) is 0 Å². The lowest BCUT2D eigenvalue weighted by Gasteiger charge is -2.10. The number of nitrogens with zero attached hydrogens (tertiary/aromatic N) is 5. The maximum atomic E-state index is 12.3.